The molecule has 0 saturated heterocycles. The predicted molar refractivity (Wildman–Crippen MR) is 94.9 cm³/mol. The van der Waals surface area contributed by atoms with Gasteiger partial charge in [0.1, 0.15) is 5.75 Å². The van der Waals surface area contributed by atoms with Crippen molar-refractivity contribution in [3.8, 4) is 17.0 Å². The maximum Gasteiger partial charge on any atom is 0.336 e. The Bertz CT molecular complexity index is 961. The number of pyridine rings is 1. The fourth-order valence-electron chi connectivity index (χ4n) is 2.89. The molecule has 0 radical (unpaired) electrons. The third-order valence-corrected chi connectivity index (χ3v) is 4.43. The third kappa shape index (κ3) is 2.60. The lowest BCUT2D eigenvalue weighted by molar-refractivity contribution is 0.0699. The van der Waals surface area contributed by atoms with Gasteiger partial charge in [-0.25, -0.2) is 9.78 Å². The number of aromatic carboxylic acids is 1. The van der Waals surface area contributed by atoms with Gasteiger partial charge in [0.25, 0.3) is 0 Å². The number of fused-ring (bicyclic) bond motifs is 1. The average molecular weight is 321 g/mol. The van der Waals surface area contributed by atoms with Crippen molar-refractivity contribution in [1.82, 2.24) is 4.98 Å². The van der Waals surface area contributed by atoms with Crippen molar-refractivity contribution in [2.45, 2.75) is 20.8 Å². The van der Waals surface area contributed by atoms with Gasteiger partial charge in [-0.15, -0.1) is 0 Å². The number of aryl methyl sites for hydroxylation is 3. The second-order valence-electron chi connectivity index (χ2n) is 5.95. The van der Waals surface area contributed by atoms with Crippen LogP contribution >= 0.6 is 0 Å². The van der Waals surface area contributed by atoms with Crippen molar-refractivity contribution < 1.29 is 14.6 Å². The summed E-state index contributed by atoms with van der Waals surface area (Å²) in [6.45, 7) is 5.93. The summed E-state index contributed by atoms with van der Waals surface area (Å²) in [7, 11) is 1.63. The molecule has 0 saturated carbocycles. The summed E-state index contributed by atoms with van der Waals surface area (Å²) in [5.74, 6) is -0.151. The Hall–Kier alpha value is -2.88. The number of carboxylic acid groups (broad SMARTS) is 1. The topological polar surface area (TPSA) is 59.4 Å². The van der Waals surface area contributed by atoms with Gasteiger partial charge in [0, 0.05) is 10.9 Å². The van der Waals surface area contributed by atoms with E-state index in [-0.39, 0.29) is 5.56 Å². The zero-order valence-corrected chi connectivity index (χ0v) is 14.2. The highest BCUT2D eigenvalue weighted by Gasteiger charge is 2.15. The highest BCUT2D eigenvalue weighted by Crippen LogP contribution is 2.30. The largest absolute Gasteiger partial charge is 0.496 e. The summed E-state index contributed by atoms with van der Waals surface area (Å²) >= 11 is 0. The SMILES string of the molecule is COc1ccc(-c2cc(C(=O)O)c3ccc(C)c(C)c3n2)cc1C. The van der Waals surface area contributed by atoms with Gasteiger partial charge < -0.3 is 9.84 Å². The summed E-state index contributed by atoms with van der Waals surface area (Å²) in [4.78, 5) is 16.5. The summed E-state index contributed by atoms with van der Waals surface area (Å²) in [5, 5.41) is 10.3. The highest BCUT2D eigenvalue weighted by molar-refractivity contribution is 6.04. The van der Waals surface area contributed by atoms with Gasteiger partial charge in [-0.1, -0.05) is 12.1 Å². The number of hydrogen-bond donors (Lipinski definition) is 1. The van der Waals surface area contributed by atoms with Gasteiger partial charge in [-0.3, -0.25) is 0 Å². The first-order chi connectivity index (χ1) is 11.4. The van der Waals surface area contributed by atoms with Crippen molar-refractivity contribution in [3.05, 3.63) is 58.7 Å². The van der Waals surface area contributed by atoms with E-state index >= 15 is 0 Å². The second-order valence-corrected chi connectivity index (χ2v) is 5.95. The zero-order valence-electron chi connectivity index (χ0n) is 14.2. The van der Waals surface area contributed by atoms with Crippen molar-refractivity contribution in [1.29, 1.82) is 0 Å². The third-order valence-electron chi connectivity index (χ3n) is 4.43. The van der Waals surface area contributed by atoms with Gasteiger partial charge in [-0.2, -0.15) is 0 Å². The number of aromatic nitrogens is 1. The van der Waals surface area contributed by atoms with Gasteiger partial charge in [0.15, 0.2) is 0 Å². The Morgan fingerprint density at radius 3 is 2.42 bits per heavy atom. The van der Waals surface area contributed by atoms with Gasteiger partial charge >= 0.3 is 5.97 Å². The van der Waals surface area contributed by atoms with Crippen LogP contribution in [0.4, 0.5) is 0 Å². The number of ether oxygens (including phenoxy) is 1. The van der Waals surface area contributed by atoms with E-state index in [1.54, 1.807) is 13.2 Å². The maximum atomic E-state index is 11.7. The molecular formula is C20H19NO3. The molecule has 0 spiro atoms. The Morgan fingerprint density at radius 1 is 1.04 bits per heavy atom. The van der Waals surface area contributed by atoms with Gasteiger partial charge in [0.05, 0.1) is 23.9 Å². The molecule has 3 rings (SSSR count). The first kappa shape index (κ1) is 16.0. The average Bonchev–Trinajstić information content (AvgIpc) is 2.57. The number of nitrogens with zero attached hydrogens (tertiary/aromatic N) is 1. The summed E-state index contributed by atoms with van der Waals surface area (Å²) < 4.78 is 5.29. The molecular weight excluding hydrogens is 302 g/mol. The Morgan fingerprint density at radius 2 is 1.79 bits per heavy atom. The Kier molecular flexibility index (Phi) is 3.97. The van der Waals surface area contributed by atoms with Gasteiger partial charge in [-0.05, 0) is 61.7 Å². The zero-order chi connectivity index (χ0) is 17.4. The van der Waals surface area contributed by atoms with Crippen LogP contribution < -0.4 is 4.74 Å². The molecule has 122 valence electrons. The lowest BCUT2D eigenvalue weighted by atomic mass is 9.99. The molecule has 24 heavy (non-hydrogen) atoms. The van der Waals surface area contributed by atoms with Gasteiger partial charge in [0.2, 0.25) is 0 Å². The van der Waals surface area contributed by atoms with Crippen LogP contribution in [0.2, 0.25) is 0 Å². The minimum absolute atomic E-state index is 0.270. The van der Waals surface area contributed by atoms with Crippen LogP contribution in [0, 0.1) is 20.8 Å². The van der Waals surface area contributed by atoms with Crippen LogP contribution in [-0.4, -0.2) is 23.2 Å². The molecule has 0 aliphatic rings. The number of benzene rings is 2. The molecule has 1 aromatic heterocycles. The Labute approximate surface area is 140 Å². The van der Waals surface area contributed by atoms with E-state index in [2.05, 4.69) is 0 Å². The number of rotatable bonds is 3. The van der Waals surface area contributed by atoms with E-state index in [1.807, 2.05) is 51.1 Å². The van der Waals surface area contributed by atoms with Crippen LogP contribution in [-0.2, 0) is 0 Å². The lowest BCUT2D eigenvalue weighted by Gasteiger charge is -2.12. The van der Waals surface area contributed by atoms with E-state index in [0.717, 1.165) is 33.5 Å². The molecule has 1 N–H and O–H groups in total. The lowest BCUT2D eigenvalue weighted by Crippen LogP contribution is -2.02. The molecule has 0 fully saturated rings. The summed E-state index contributed by atoms with van der Waals surface area (Å²) in [5.41, 5.74) is 5.61. The molecule has 0 amide bonds. The standard InChI is InChI=1S/C20H19NO3/c1-11-5-7-15-16(20(22)23)10-17(21-19(15)13(11)3)14-6-8-18(24-4)12(2)9-14/h5-10H,1-4H3,(H,22,23). The molecule has 0 aliphatic carbocycles. The number of methoxy groups -OCH3 is 1. The van der Waals surface area contributed by atoms with Crippen molar-refractivity contribution >= 4 is 16.9 Å². The highest BCUT2D eigenvalue weighted by atomic mass is 16.5. The predicted octanol–water partition coefficient (Wildman–Crippen LogP) is 4.53. The smallest absolute Gasteiger partial charge is 0.336 e. The first-order valence-electron chi connectivity index (χ1n) is 7.71. The van der Waals surface area contributed by atoms with E-state index in [4.69, 9.17) is 9.72 Å². The van der Waals surface area contributed by atoms with Crippen LogP contribution in [0.1, 0.15) is 27.0 Å². The van der Waals surface area contributed by atoms with Crippen molar-refractivity contribution in [2.75, 3.05) is 7.11 Å². The van der Waals surface area contributed by atoms with E-state index in [0.29, 0.717) is 11.1 Å². The Balaban J connectivity index is 2.31. The molecule has 0 unspecified atom stereocenters. The normalized spacial score (nSPS) is 10.8. The second kappa shape index (κ2) is 5.96. The number of carboxylic acids is 1. The minimum Gasteiger partial charge on any atom is -0.496 e. The number of hydrogen-bond acceptors (Lipinski definition) is 3. The quantitative estimate of drug-likeness (QED) is 0.769. The fourth-order valence-corrected chi connectivity index (χ4v) is 2.89. The molecule has 1 heterocycles. The molecule has 0 atom stereocenters. The fraction of sp³-hybridized carbons (Fsp3) is 0.200. The molecule has 4 nitrogen and oxygen atoms in total. The molecule has 0 aliphatic heterocycles. The molecule has 3 aromatic rings. The summed E-state index contributed by atoms with van der Waals surface area (Å²) in [6.07, 6.45) is 0. The first-order valence-corrected chi connectivity index (χ1v) is 7.71. The van der Waals surface area contributed by atoms with Crippen LogP contribution in [0.25, 0.3) is 22.2 Å². The molecule has 2 aromatic carbocycles. The number of carbonyl (C=O) groups is 1. The summed E-state index contributed by atoms with van der Waals surface area (Å²) in [6, 6.07) is 11.1. The van der Waals surface area contributed by atoms with Crippen LogP contribution in [0.3, 0.4) is 0 Å². The van der Waals surface area contributed by atoms with E-state index in [9.17, 15) is 9.90 Å². The molecule has 0 bridgehead atoms. The van der Waals surface area contributed by atoms with Crippen LogP contribution in [0.5, 0.6) is 5.75 Å². The van der Waals surface area contributed by atoms with Crippen molar-refractivity contribution in [3.63, 3.8) is 0 Å². The van der Waals surface area contributed by atoms with E-state index < -0.39 is 5.97 Å². The van der Waals surface area contributed by atoms with E-state index in [1.165, 1.54) is 0 Å². The van der Waals surface area contributed by atoms with Crippen LogP contribution in [0.15, 0.2) is 36.4 Å². The van der Waals surface area contributed by atoms with Crippen molar-refractivity contribution in [2.24, 2.45) is 0 Å². The minimum atomic E-state index is -0.947. The monoisotopic (exact) mass is 321 g/mol. The molecule has 4 heteroatoms. The maximum absolute atomic E-state index is 11.7.